The van der Waals surface area contributed by atoms with Crippen molar-refractivity contribution in [2.75, 3.05) is 6.54 Å². The van der Waals surface area contributed by atoms with E-state index >= 15 is 0 Å². The molecule has 0 bridgehead atoms. The minimum Gasteiger partial charge on any atom is -0.360 e. The van der Waals surface area contributed by atoms with E-state index in [1.54, 1.807) is 6.20 Å². The molecule has 2 aromatic rings. The predicted molar refractivity (Wildman–Crippen MR) is 56.1 cm³/mol. The van der Waals surface area contributed by atoms with E-state index in [1.165, 1.54) is 5.56 Å². The number of aromatic amines is 1. The second-order valence-corrected chi connectivity index (χ2v) is 2.75. The molecule has 0 radical (unpaired) electrons. The first-order chi connectivity index (χ1) is 5.92. The molecule has 2 aromatic heterocycles. The van der Waals surface area contributed by atoms with Crippen molar-refractivity contribution in [1.82, 2.24) is 9.97 Å². The molecule has 3 N–H and O–H groups in total. The highest BCUT2D eigenvalue weighted by atomic mass is 35.5. The fourth-order valence-corrected chi connectivity index (χ4v) is 1.36. The summed E-state index contributed by atoms with van der Waals surface area (Å²) in [7, 11) is 0. The van der Waals surface area contributed by atoms with Gasteiger partial charge < -0.3 is 10.7 Å². The number of hydrogen-bond acceptors (Lipinski definition) is 2. The molecule has 2 heterocycles. The quantitative estimate of drug-likeness (QED) is 0.767. The summed E-state index contributed by atoms with van der Waals surface area (Å²) < 4.78 is 0. The van der Waals surface area contributed by atoms with Crippen LogP contribution >= 0.6 is 12.4 Å². The molecule has 0 saturated heterocycles. The van der Waals surface area contributed by atoms with Gasteiger partial charge in [0.15, 0.2) is 0 Å². The number of hydrogen-bond donors (Lipinski definition) is 2. The second-order valence-electron chi connectivity index (χ2n) is 2.75. The minimum absolute atomic E-state index is 0. The lowest BCUT2D eigenvalue weighted by molar-refractivity contribution is 0.973. The zero-order valence-electron chi connectivity index (χ0n) is 7.16. The summed E-state index contributed by atoms with van der Waals surface area (Å²) in [4.78, 5) is 7.43. The number of halogens is 1. The largest absolute Gasteiger partial charge is 0.360 e. The van der Waals surface area contributed by atoms with Crippen LogP contribution in [0.25, 0.3) is 11.0 Å². The van der Waals surface area contributed by atoms with Crippen LogP contribution in [-0.2, 0) is 6.42 Å². The third-order valence-electron chi connectivity index (χ3n) is 1.93. The van der Waals surface area contributed by atoms with Gasteiger partial charge in [-0.05, 0) is 30.7 Å². The Morgan fingerprint density at radius 3 is 3.08 bits per heavy atom. The van der Waals surface area contributed by atoms with Gasteiger partial charge >= 0.3 is 0 Å². The summed E-state index contributed by atoms with van der Waals surface area (Å²) >= 11 is 0. The second kappa shape index (κ2) is 4.25. The molecule has 0 atom stereocenters. The van der Waals surface area contributed by atoms with Gasteiger partial charge in [-0.3, -0.25) is 4.98 Å². The highest BCUT2D eigenvalue weighted by Gasteiger charge is 2.01. The molecular weight excluding hydrogens is 186 g/mol. The van der Waals surface area contributed by atoms with Gasteiger partial charge in [-0.2, -0.15) is 0 Å². The molecule has 70 valence electrons. The summed E-state index contributed by atoms with van der Waals surface area (Å²) in [6.45, 7) is 0.670. The Morgan fingerprint density at radius 1 is 1.46 bits per heavy atom. The molecule has 2 rings (SSSR count). The molecule has 0 aliphatic heterocycles. The summed E-state index contributed by atoms with van der Waals surface area (Å²) in [6, 6.07) is 3.94. The Hall–Kier alpha value is -1.06. The molecule has 0 saturated carbocycles. The van der Waals surface area contributed by atoms with Crippen LogP contribution in [0.15, 0.2) is 24.5 Å². The lowest BCUT2D eigenvalue weighted by Gasteiger charge is -1.92. The zero-order chi connectivity index (χ0) is 8.39. The number of H-pyrrole nitrogens is 1. The van der Waals surface area contributed by atoms with E-state index in [4.69, 9.17) is 5.73 Å². The van der Waals surface area contributed by atoms with Crippen LogP contribution in [0, 0.1) is 0 Å². The van der Waals surface area contributed by atoms with Gasteiger partial charge in [0.25, 0.3) is 0 Å². The van der Waals surface area contributed by atoms with Gasteiger partial charge in [-0.1, -0.05) is 0 Å². The number of nitrogens with two attached hydrogens (primary N) is 1. The molecule has 0 fully saturated rings. The molecule has 0 spiro atoms. The van der Waals surface area contributed by atoms with Crippen molar-refractivity contribution in [2.45, 2.75) is 6.42 Å². The average molecular weight is 198 g/mol. The first-order valence-corrected chi connectivity index (χ1v) is 4.03. The van der Waals surface area contributed by atoms with E-state index in [-0.39, 0.29) is 12.4 Å². The zero-order valence-corrected chi connectivity index (χ0v) is 7.97. The Morgan fingerprint density at radius 2 is 2.31 bits per heavy atom. The van der Waals surface area contributed by atoms with Gasteiger partial charge in [0, 0.05) is 12.4 Å². The van der Waals surface area contributed by atoms with Gasteiger partial charge in [0.05, 0.1) is 11.0 Å². The highest BCUT2D eigenvalue weighted by molar-refractivity contribution is 5.85. The number of fused-ring (bicyclic) bond motifs is 1. The van der Waals surface area contributed by atoms with Crippen LogP contribution in [0.4, 0.5) is 0 Å². The SMILES string of the molecule is Cl.NCCc1c[nH]c2cccnc12. The Bertz CT molecular complexity index is 383. The Balaban J connectivity index is 0.000000845. The highest BCUT2D eigenvalue weighted by Crippen LogP contribution is 2.14. The Labute approximate surface area is 82.8 Å². The van der Waals surface area contributed by atoms with Gasteiger partial charge in [0.2, 0.25) is 0 Å². The van der Waals surface area contributed by atoms with Crippen molar-refractivity contribution in [3.63, 3.8) is 0 Å². The Kier molecular flexibility index (Phi) is 3.28. The van der Waals surface area contributed by atoms with Crippen LogP contribution in [-0.4, -0.2) is 16.5 Å². The van der Waals surface area contributed by atoms with Crippen LogP contribution in [0.1, 0.15) is 5.56 Å². The number of nitrogens with one attached hydrogen (secondary N) is 1. The predicted octanol–water partition coefficient (Wildman–Crippen LogP) is 1.49. The molecular formula is C9H12ClN3. The molecule has 0 aliphatic carbocycles. The molecule has 0 aliphatic rings. The number of pyridine rings is 1. The number of nitrogens with zero attached hydrogens (tertiary/aromatic N) is 1. The third kappa shape index (κ3) is 1.82. The van der Waals surface area contributed by atoms with Crippen molar-refractivity contribution < 1.29 is 0 Å². The molecule has 0 amide bonds. The van der Waals surface area contributed by atoms with Crippen molar-refractivity contribution in [1.29, 1.82) is 0 Å². The van der Waals surface area contributed by atoms with Crippen LogP contribution in [0.2, 0.25) is 0 Å². The van der Waals surface area contributed by atoms with E-state index in [2.05, 4.69) is 9.97 Å². The topological polar surface area (TPSA) is 54.7 Å². The third-order valence-corrected chi connectivity index (χ3v) is 1.93. The fraction of sp³-hybridized carbons (Fsp3) is 0.222. The summed E-state index contributed by atoms with van der Waals surface area (Å²) in [5.41, 5.74) is 8.80. The number of rotatable bonds is 2. The molecule has 0 aromatic carbocycles. The van der Waals surface area contributed by atoms with Gasteiger partial charge in [0.1, 0.15) is 0 Å². The van der Waals surface area contributed by atoms with E-state index in [9.17, 15) is 0 Å². The van der Waals surface area contributed by atoms with Crippen molar-refractivity contribution in [3.05, 3.63) is 30.1 Å². The average Bonchev–Trinajstić information content (AvgIpc) is 2.50. The standard InChI is InChI=1S/C9H11N3.ClH/c10-4-3-7-6-12-8-2-1-5-11-9(7)8;/h1-2,5-6,12H,3-4,10H2;1H. The fourth-order valence-electron chi connectivity index (χ4n) is 1.36. The molecule has 3 nitrogen and oxygen atoms in total. The van der Waals surface area contributed by atoms with Crippen LogP contribution in [0.5, 0.6) is 0 Å². The molecule has 13 heavy (non-hydrogen) atoms. The van der Waals surface area contributed by atoms with E-state index in [0.29, 0.717) is 6.54 Å². The van der Waals surface area contributed by atoms with Crippen molar-refractivity contribution in [3.8, 4) is 0 Å². The van der Waals surface area contributed by atoms with E-state index < -0.39 is 0 Å². The van der Waals surface area contributed by atoms with Crippen LogP contribution < -0.4 is 5.73 Å². The van der Waals surface area contributed by atoms with E-state index in [1.807, 2.05) is 18.3 Å². The molecule has 0 unspecified atom stereocenters. The summed E-state index contributed by atoms with van der Waals surface area (Å²) in [6.07, 6.45) is 4.66. The van der Waals surface area contributed by atoms with Crippen LogP contribution in [0.3, 0.4) is 0 Å². The maximum absolute atomic E-state index is 5.47. The van der Waals surface area contributed by atoms with Gasteiger partial charge in [-0.15, -0.1) is 12.4 Å². The monoisotopic (exact) mass is 197 g/mol. The smallest absolute Gasteiger partial charge is 0.0911 e. The first kappa shape index (κ1) is 10.0. The molecule has 4 heteroatoms. The summed E-state index contributed by atoms with van der Waals surface area (Å²) in [5, 5.41) is 0. The maximum atomic E-state index is 5.47. The first-order valence-electron chi connectivity index (χ1n) is 4.03. The normalized spacial score (nSPS) is 9.92. The number of aromatic nitrogens is 2. The maximum Gasteiger partial charge on any atom is 0.0911 e. The lowest BCUT2D eigenvalue weighted by atomic mass is 10.2. The van der Waals surface area contributed by atoms with Crippen molar-refractivity contribution in [2.24, 2.45) is 5.73 Å². The lowest BCUT2D eigenvalue weighted by Crippen LogP contribution is -2.02. The minimum atomic E-state index is 0. The summed E-state index contributed by atoms with van der Waals surface area (Å²) in [5.74, 6) is 0. The van der Waals surface area contributed by atoms with Crippen molar-refractivity contribution >= 4 is 23.4 Å². The van der Waals surface area contributed by atoms with Gasteiger partial charge in [-0.25, -0.2) is 0 Å². The van der Waals surface area contributed by atoms with E-state index in [0.717, 1.165) is 17.5 Å².